The van der Waals surface area contributed by atoms with Crippen LogP contribution in [0.4, 0.5) is 0 Å². The molecule has 1 aromatic carbocycles. The molecule has 2 heterocycles. The molecule has 1 aliphatic rings. The van der Waals surface area contributed by atoms with Gasteiger partial charge < -0.3 is 4.98 Å². The molecule has 2 aromatic heterocycles. The third-order valence-corrected chi connectivity index (χ3v) is 5.12. The summed E-state index contributed by atoms with van der Waals surface area (Å²) in [5.41, 5.74) is 1.02. The van der Waals surface area contributed by atoms with Crippen LogP contribution in [0, 0.1) is 5.92 Å². The lowest BCUT2D eigenvalue weighted by atomic mass is 10.0. The van der Waals surface area contributed by atoms with E-state index in [2.05, 4.69) is 15.1 Å². The lowest BCUT2D eigenvalue weighted by molar-refractivity contribution is 0.530. The van der Waals surface area contributed by atoms with Gasteiger partial charge in [0, 0.05) is 11.4 Å². The first-order valence-corrected chi connectivity index (χ1v) is 8.80. The van der Waals surface area contributed by atoms with Crippen LogP contribution in [0.25, 0.3) is 16.7 Å². The summed E-state index contributed by atoms with van der Waals surface area (Å²) >= 11 is 12.2. The lowest BCUT2D eigenvalue weighted by Gasteiger charge is -2.09. The number of halogens is 2. The van der Waals surface area contributed by atoms with Crippen molar-refractivity contribution < 1.29 is 0 Å². The zero-order chi connectivity index (χ0) is 16.7. The van der Waals surface area contributed by atoms with Crippen molar-refractivity contribution in [2.45, 2.75) is 32.1 Å². The van der Waals surface area contributed by atoms with Crippen molar-refractivity contribution in [2.24, 2.45) is 5.92 Å². The third kappa shape index (κ3) is 2.82. The van der Waals surface area contributed by atoms with E-state index in [0.717, 1.165) is 6.42 Å². The molecule has 0 unspecified atom stereocenters. The van der Waals surface area contributed by atoms with Crippen LogP contribution in [0.15, 0.2) is 29.2 Å². The van der Waals surface area contributed by atoms with E-state index in [9.17, 15) is 4.79 Å². The largest absolute Gasteiger partial charge is 0.310 e. The Balaban J connectivity index is 1.81. The zero-order valence-corrected chi connectivity index (χ0v) is 14.4. The van der Waals surface area contributed by atoms with Gasteiger partial charge in [-0.15, -0.1) is 0 Å². The van der Waals surface area contributed by atoms with E-state index in [-0.39, 0.29) is 5.56 Å². The van der Waals surface area contributed by atoms with Crippen LogP contribution in [0.1, 0.15) is 31.5 Å². The van der Waals surface area contributed by atoms with Gasteiger partial charge in [-0.05, 0) is 24.1 Å². The number of fused-ring (bicyclic) bond motifs is 1. The summed E-state index contributed by atoms with van der Waals surface area (Å²) in [6, 6.07) is 5.16. The molecule has 0 bridgehead atoms. The minimum atomic E-state index is -0.163. The molecule has 24 heavy (non-hydrogen) atoms. The fraction of sp³-hybridized carbons (Fsp3) is 0.353. The maximum absolute atomic E-state index is 12.4. The van der Waals surface area contributed by atoms with Gasteiger partial charge in [0.25, 0.3) is 5.56 Å². The number of aromatic nitrogens is 4. The van der Waals surface area contributed by atoms with Crippen molar-refractivity contribution in [3.05, 3.63) is 50.6 Å². The second-order valence-electron chi connectivity index (χ2n) is 6.26. The summed E-state index contributed by atoms with van der Waals surface area (Å²) < 4.78 is 1.60. The van der Waals surface area contributed by atoms with E-state index in [0.29, 0.717) is 38.5 Å². The van der Waals surface area contributed by atoms with Gasteiger partial charge in [0.1, 0.15) is 11.2 Å². The number of aromatic amines is 1. The molecule has 0 radical (unpaired) electrons. The van der Waals surface area contributed by atoms with Gasteiger partial charge in [-0.2, -0.15) is 5.10 Å². The molecule has 0 atom stereocenters. The summed E-state index contributed by atoms with van der Waals surface area (Å²) in [7, 11) is 0. The molecular weight excluding hydrogens is 347 g/mol. The number of benzene rings is 1. The fourth-order valence-corrected chi connectivity index (χ4v) is 3.87. The Bertz CT molecular complexity index is 957. The van der Waals surface area contributed by atoms with Gasteiger partial charge in [0.15, 0.2) is 5.65 Å². The van der Waals surface area contributed by atoms with Crippen molar-refractivity contribution in [3.63, 3.8) is 0 Å². The van der Waals surface area contributed by atoms with Crippen LogP contribution >= 0.6 is 23.2 Å². The number of rotatable bonds is 3. The highest BCUT2D eigenvalue weighted by Crippen LogP contribution is 2.28. The predicted molar refractivity (Wildman–Crippen MR) is 95.2 cm³/mol. The Hall–Kier alpha value is -1.85. The SMILES string of the molecule is O=c1[nH]c(CC2CCCC2)nc2c1cnn2-c1ccc(Cl)cc1Cl. The van der Waals surface area contributed by atoms with E-state index < -0.39 is 0 Å². The van der Waals surface area contributed by atoms with Crippen LogP contribution in [0.3, 0.4) is 0 Å². The van der Waals surface area contributed by atoms with Crippen molar-refractivity contribution in [2.75, 3.05) is 0 Å². The van der Waals surface area contributed by atoms with Crippen LogP contribution in [0.2, 0.25) is 10.0 Å². The lowest BCUT2D eigenvalue weighted by Crippen LogP contribution is -2.14. The summed E-state index contributed by atoms with van der Waals surface area (Å²) in [6.45, 7) is 0. The quantitative estimate of drug-likeness (QED) is 0.760. The highest BCUT2D eigenvalue weighted by Gasteiger charge is 2.19. The Kier molecular flexibility index (Phi) is 4.06. The van der Waals surface area contributed by atoms with Crippen LogP contribution < -0.4 is 5.56 Å². The molecule has 0 spiro atoms. The van der Waals surface area contributed by atoms with Gasteiger partial charge >= 0.3 is 0 Å². The minimum Gasteiger partial charge on any atom is -0.310 e. The van der Waals surface area contributed by atoms with Gasteiger partial charge in [0.2, 0.25) is 0 Å². The van der Waals surface area contributed by atoms with E-state index in [1.165, 1.54) is 31.9 Å². The first-order chi connectivity index (χ1) is 11.6. The first-order valence-electron chi connectivity index (χ1n) is 8.04. The molecule has 1 fully saturated rings. The number of hydrogen-bond acceptors (Lipinski definition) is 3. The predicted octanol–water partition coefficient (Wildman–Crippen LogP) is 4.15. The topological polar surface area (TPSA) is 63.6 Å². The summed E-state index contributed by atoms with van der Waals surface area (Å²) in [6.07, 6.45) is 7.23. The average molecular weight is 363 g/mol. The maximum atomic E-state index is 12.4. The van der Waals surface area contributed by atoms with Gasteiger partial charge in [0.05, 0.1) is 16.9 Å². The average Bonchev–Trinajstić information content (AvgIpc) is 3.17. The normalized spacial score (nSPS) is 15.4. The first kappa shape index (κ1) is 15.7. The second-order valence-corrected chi connectivity index (χ2v) is 7.10. The van der Waals surface area contributed by atoms with Crippen molar-refractivity contribution >= 4 is 34.2 Å². The molecule has 0 aliphatic heterocycles. The molecule has 0 saturated heterocycles. The molecular formula is C17H16Cl2N4O. The number of nitrogens with zero attached hydrogens (tertiary/aromatic N) is 3. The molecule has 1 aliphatic carbocycles. The molecule has 5 nitrogen and oxygen atoms in total. The Morgan fingerprint density at radius 1 is 1.25 bits per heavy atom. The van der Waals surface area contributed by atoms with Crippen LogP contribution in [-0.2, 0) is 6.42 Å². The molecule has 7 heteroatoms. The van der Waals surface area contributed by atoms with E-state index >= 15 is 0 Å². The Morgan fingerprint density at radius 2 is 2.04 bits per heavy atom. The van der Waals surface area contributed by atoms with Gasteiger partial charge in [-0.3, -0.25) is 4.79 Å². The molecule has 3 aromatic rings. The summed E-state index contributed by atoms with van der Waals surface area (Å²) in [5, 5.41) is 5.77. The highest BCUT2D eigenvalue weighted by molar-refractivity contribution is 6.35. The summed E-state index contributed by atoms with van der Waals surface area (Å²) in [5.74, 6) is 1.31. The van der Waals surface area contributed by atoms with Crippen molar-refractivity contribution in [3.8, 4) is 5.69 Å². The monoisotopic (exact) mass is 362 g/mol. The standard InChI is InChI=1S/C17H16Cl2N4O/c18-11-5-6-14(13(19)8-11)23-16-12(9-20-23)17(24)22-15(21-16)7-10-3-1-2-4-10/h5-6,8-10H,1-4,7H2,(H,21,22,24). The van der Waals surface area contributed by atoms with E-state index in [1.807, 2.05) is 0 Å². The van der Waals surface area contributed by atoms with Gasteiger partial charge in [-0.1, -0.05) is 48.9 Å². The van der Waals surface area contributed by atoms with E-state index in [1.54, 1.807) is 22.9 Å². The van der Waals surface area contributed by atoms with Gasteiger partial charge in [-0.25, -0.2) is 9.67 Å². The van der Waals surface area contributed by atoms with E-state index in [4.69, 9.17) is 23.2 Å². The van der Waals surface area contributed by atoms with Crippen molar-refractivity contribution in [1.29, 1.82) is 0 Å². The molecule has 124 valence electrons. The Morgan fingerprint density at radius 3 is 2.79 bits per heavy atom. The molecule has 1 N–H and O–H groups in total. The molecule has 1 saturated carbocycles. The molecule has 0 amide bonds. The minimum absolute atomic E-state index is 0.163. The zero-order valence-electron chi connectivity index (χ0n) is 12.9. The number of H-pyrrole nitrogens is 1. The second kappa shape index (κ2) is 6.22. The number of hydrogen-bond donors (Lipinski definition) is 1. The Labute approximate surface area is 148 Å². The smallest absolute Gasteiger partial charge is 0.262 e. The molecule has 4 rings (SSSR count). The fourth-order valence-electron chi connectivity index (χ4n) is 3.38. The third-order valence-electron chi connectivity index (χ3n) is 4.58. The van der Waals surface area contributed by atoms with Crippen LogP contribution in [-0.4, -0.2) is 19.7 Å². The highest BCUT2D eigenvalue weighted by atomic mass is 35.5. The number of nitrogens with one attached hydrogen (secondary N) is 1. The maximum Gasteiger partial charge on any atom is 0.262 e. The summed E-state index contributed by atoms with van der Waals surface area (Å²) in [4.78, 5) is 19.9. The van der Waals surface area contributed by atoms with Crippen LogP contribution in [0.5, 0.6) is 0 Å². The van der Waals surface area contributed by atoms with Crippen molar-refractivity contribution in [1.82, 2.24) is 19.7 Å².